The molecule has 0 spiro atoms. The van der Waals surface area contributed by atoms with Crippen molar-refractivity contribution in [1.82, 2.24) is 15.3 Å². The Morgan fingerprint density at radius 1 is 1.30 bits per heavy atom. The largest absolute Gasteiger partial charge is 0.403 e. The number of rotatable bonds is 8. The zero-order valence-corrected chi connectivity index (χ0v) is 22.6. The van der Waals surface area contributed by atoms with Crippen molar-refractivity contribution in [2.75, 3.05) is 5.32 Å². The molecule has 9 nitrogen and oxygen atoms in total. The predicted molar refractivity (Wildman–Crippen MR) is 146 cm³/mol. The molecule has 4 N–H and O–H groups in total. The number of carbonyl (C=O) groups excluding carboxylic acids is 1. The number of hydrogen-bond acceptors (Lipinski definition) is 8. The number of allylic oxidation sites excluding steroid dienone is 1. The molecule has 0 unspecified atom stereocenters. The summed E-state index contributed by atoms with van der Waals surface area (Å²) < 4.78 is 6.14. The van der Waals surface area contributed by atoms with Gasteiger partial charge >= 0.3 is 0 Å². The number of benzene rings is 1. The Morgan fingerprint density at radius 3 is 2.51 bits per heavy atom. The zero-order chi connectivity index (χ0) is 27.2. The fourth-order valence-corrected chi connectivity index (χ4v) is 4.65. The van der Waals surface area contributed by atoms with Gasteiger partial charge in [-0.3, -0.25) is 9.79 Å². The van der Waals surface area contributed by atoms with Gasteiger partial charge in [0.05, 0.1) is 45.9 Å². The summed E-state index contributed by atoms with van der Waals surface area (Å²) in [6.07, 6.45) is 6.74. The Labute approximate surface area is 223 Å². The van der Waals surface area contributed by atoms with Gasteiger partial charge in [-0.1, -0.05) is 30.7 Å². The second kappa shape index (κ2) is 11.7. The maximum absolute atomic E-state index is 12.4. The first-order chi connectivity index (χ1) is 17.4. The highest BCUT2D eigenvalue weighted by Gasteiger charge is 2.39. The summed E-state index contributed by atoms with van der Waals surface area (Å²) in [4.78, 5) is 25.9. The van der Waals surface area contributed by atoms with Crippen molar-refractivity contribution in [3.05, 3.63) is 52.9 Å². The van der Waals surface area contributed by atoms with Gasteiger partial charge in [0.15, 0.2) is 0 Å². The van der Waals surface area contributed by atoms with Gasteiger partial charge in [0, 0.05) is 23.5 Å². The molecule has 1 amide bonds. The van der Waals surface area contributed by atoms with Crippen LogP contribution in [-0.2, 0) is 4.74 Å². The fraction of sp³-hybridized carbons (Fsp3) is 0.444. The number of carbonyl (C=O) groups is 1. The first-order valence-electron chi connectivity index (χ1n) is 12.2. The first-order valence-corrected chi connectivity index (χ1v) is 12.6. The van der Waals surface area contributed by atoms with Crippen LogP contribution in [0.25, 0.3) is 11.3 Å². The molecule has 0 saturated carbocycles. The quantitative estimate of drug-likeness (QED) is 0.420. The highest BCUT2D eigenvalue weighted by Crippen LogP contribution is 2.36. The number of aliphatic imine (C=N–C) groups is 1. The van der Waals surface area contributed by atoms with Crippen molar-refractivity contribution in [3.8, 4) is 17.3 Å². The van der Waals surface area contributed by atoms with Crippen LogP contribution in [0.3, 0.4) is 0 Å². The molecule has 37 heavy (non-hydrogen) atoms. The number of nitrogens with zero attached hydrogens (tertiary/aromatic N) is 4. The van der Waals surface area contributed by atoms with Gasteiger partial charge < -0.3 is 21.1 Å². The van der Waals surface area contributed by atoms with Crippen molar-refractivity contribution in [1.29, 1.82) is 5.26 Å². The lowest BCUT2D eigenvalue weighted by molar-refractivity contribution is -0.160. The second-order valence-electron chi connectivity index (χ2n) is 10.2. The summed E-state index contributed by atoms with van der Waals surface area (Å²) in [5.74, 6) is -0.0128. The van der Waals surface area contributed by atoms with Gasteiger partial charge in [0.25, 0.3) is 5.91 Å². The number of nitriles is 1. The maximum Gasteiger partial charge on any atom is 0.252 e. The molecule has 10 heteroatoms. The zero-order valence-electron chi connectivity index (χ0n) is 21.9. The van der Waals surface area contributed by atoms with Crippen LogP contribution in [0, 0.1) is 11.3 Å². The molecule has 2 aromatic rings. The van der Waals surface area contributed by atoms with E-state index in [1.807, 2.05) is 6.92 Å². The van der Waals surface area contributed by atoms with E-state index in [0.717, 1.165) is 12.8 Å². The minimum absolute atomic E-state index is 0.0914. The SMILES string of the molecule is CC[C@@H](C#N)NC(=O)c1ccc(-c2nc(N/C(C=NC3CC(C)(C)OC(C)(C)C3)=C/N)ncc2Cl)cc1. The van der Waals surface area contributed by atoms with E-state index in [-0.39, 0.29) is 23.2 Å². The van der Waals surface area contributed by atoms with Crippen LogP contribution < -0.4 is 16.4 Å². The third kappa shape index (κ3) is 7.75. The Bertz CT molecular complexity index is 1200. The Morgan fingerprint density at radius 2 is 1.95 bits per heavy atom. The standard InChI is InChI=1S/C27H34ClN7O2/c1-6-19(13-29)33-24(36)18-9-7-17(8-10-18)23-22(28)16-32-25(35-23)34-21(14-30)15-31-20-11-26(2,3)37-27(4,5)12-20/h7-10,14-16,19-20H,6,11-12,30H2,1-5H3,(H,33,36)(H,32,34,35)/b21-14+,31-15?/t19-/m0/s1. The van der Waals surface area contributed by atoms with Gasteiger partial charge in [-0.15, -0.1) is 0 Å². The van der Waals surface area contributed by atoms with E-state index in [1.165, 1.54) is 12.4 Å². The van der Waals surface area contributed by atoms with Gasteiger partial charge in [0.1, 0.15) is 6.04 Å². The number of aromatic nitrogens is 2. The molecule has 1 fully saturated rings. The summed E-state index contributed by atoms with van der Waals surface area (Å²) in [6, 6.07) is 8.43. The molecule has 1 aliphatic rings. The molecule has 1 aromatic carbocycles. The average molecular weight is 524 g/mol. The van der Waals surface area contributed by atoms with E-state index < -0.39 is 6.04 Å². The molecule has 0 radical (unpaired) electrons. The smallest absolute Gasteiger partial charge is 0.252 e. The molecule has 1 aromatic heterocycles. The number of hydrogen-bond donors (Lipinski definition) is 3. The van der Waals surface area contributed by atoms with Crippen LogP contribution in [-0.4, -0.2) is 45.4 Å². The average Bonchev–Trinajstić information content (AvgIpc) is 2.84. The lowest BCUT2D eigenvalue weighted by Crippen LogP contribution is -2.46. The maximum atomic E-state index is 12.4. The molecule has 196 valence electrons. The summed E-state index contributed by atoms with van der Waals surface area (Å²) >= 11 is 6.38. The number of ether oxygens (including phenoxy) is 1. The molecule has 3 rings (SSSR count). The van der Waals surface area contributed by atoms with Crippen LogP contribution in [0.15, 0.2) is 47.4 Å². The second-order valence-corrected chi connectivity index (χ2v) is 10.6. The van der Waals surface area contributed by atoms with Crippen molar-refractivity contribution in [2.24, 2.45) is 10.7 Å². The van der Waals surface area contributed by atoms with E-state index in [0.29, 0.717) is 39.9 Å². The topological polar surface area (TPSA) is 138 Å². The minimum atomic E-state index is -0.533. The highest BCUT2D eigenvalue weighted by molar-refractivity contribution is 6.32. The van der Waals surface area contributed by atoms with Gasteiger partial charge in [-0.25, -0.2) is 9.97 Å². The number of halogens is 1. The van der Waals surface area contributed by atoms with Crippen LogP contribution in [0.1, 0.15) is 64.2 Å². The third-order valence-corrected chi connectivity index (χ3v) is 6.18. The first kappa shape index (κ1) is 28.1. The molecule has 1 atom stereocenters. The Balaban J connectivity index is 1.73. The number of nitrogens with two attached hydrogens (primary N) is 1. The van der Waals surface area contributed by atoms with Crippen LogP contribution in [0.4, 0.5) is 5.95 Å². The van der Waals surface area contributed by atoms with Crippen LogP contribution >= 0.6 is 11.6 Å². The summed E-state index contributed by atoms with van der Waals surface area (Å²) in [7, 11) is 0. The fourth-order valence-electron chi connectivity index (χ4n) is 4.45. The number of nitrogens with one attached hydrogen (secondary N) is 2. The molecule has 0 aliphatic carbocycles. The van der Waals surface area contributed by atoms with Crippen molar-refractivity contribution >= 4 is 29.7 Å². The Kier molecular flexibility index (Phi) is 8.89. The lowest BCUT2D eigenvalue weighted by Gasteiger charge is -2.44. The molecule has 1 aliphatic heterocycles. The predicted octanol–water partition coefficient (Wildman–Crippen LogP) is 4.85. The molecule has 2 heterocycles. The van der Waals surface area contributed by atoms with E-state index >= 15 is 0 Å². The van der Waals surface area contributed by atoms with Crippen LogP contribution in [0.5, 0.6) is 0 Å². The van der Waals surface area contributed by atoms with Gasteiger partial charge in [-0.2, -0.15) is 5.26 Å². The molecule has 1 saturated heterocycles. The van der Waals surface area contributed by atoms with Gasteiger partial charge in [-0.05, 0) is 59.1 Å². The third-order valence-electron chi connectivity index (χ3n) is 5.90. The van der Waals surface area contributed by atoms with Crippen molar-refractivity contribution in [2.45, 2.75) is 77.2 Å². The molecule has 0 bridgehead atoms. The monoisotopic (exact) mass is 523 g/mol. The van der Waals surface area contributed by atoms with Crippen molar-refractivity contribution < 1.29 is 9.53 Å². The summed E-state index contributed by atoms with van der Waals surface area (Å²) in [5, 5.41) is 15.2. The van der Waals surface area contributed by atoms with E-state index in [4.69, 9.17) is 32.3 Å². The summed E-state index contributed by atoms with van der Waals surface area (Å²) in [6.45, 7) is 10.1. The molecular weight excluding hydrogens is 490 g/mol. The number of amides is 1. The van der Waals surface area contributed by atoms with E-state index in [2.05, 4.69) is 54.4 Å². The van der Waals surface area contributed by atoms with Crippen LogP contribution in [0.2, 0.25) is 5.02 Å². The normalized spacial score (nSPS) is 18.2. The van der Waals surface area contributed by atoms with E-state index in [9.17, 15) is 4.79 Å². The lowest BCUT2D eigenvalue weighted by atomic mass is 9.85. The highest BCUT2D eigenvalue weighted by atomic mass is 35.5. The summed E-state index contributed by atoms with van der Waals surface area (Å²) in [5.41, 5.74) is 7.50. The number of anilines is 1. The minimum Gasteiger partial charge on any atom is -0.403 e. The van der Waals surface area contributed by atoms with Gasteiger partial charge in [0.2, 0.25) is 5.95 Å². The van der Waals surface area contributed by atoms with E-state index in [1.54, 1.807) is 30.5 Å². The van der Waals surface area contributed by atoms with Crippen molar-refractivity contribution in [3.63, 3.8) is 0 Å². The Hall–Kier alpha value is -3.48. The molecular formula is C27H34ClN7O2.